The van der Waals surface area contributed by atoms with Crippen LogP contribution >= 0.6 is 0 Å². The minimum atomic E-state index is 0.0565. The van der Waals surface area contributed by atoms with Gasteiger partial charge in [-0.05, 0) is 77.8 Å². The Labute approximate surface area is 202 Å². The fourth-order valence-corrected chi connectivity index (χ4v) is 4.95. The molecule has 1 N–H and O–H groups in total. The highest BCUT2D eigenvalue weighted by atomic mass is 16.1. The second kappa shape index (κ2) is 10.1. The molecule has 0 saturated heterocycles. The Morgan fingerprint density at radius 2 is 1.52 bits per heavy atom. The van der Waals surface area contributed by atoms with Crippen molar-refractivity contribution in [1.82, 2.24) is 9.88 Å². The molecule has 1 aromatic carbocycles. The largest absolute Gasteiger partial charge is 0.352 e. The van der Waals surface area contributed by atoms with Gasteiger partial charge in [0.1, 0.15) is 0 Å². The smallest absolute Gasteiger partial charge is 0.253 e. The molecular formula is C30H46N2O. The number of nitrogens with one attached hydrogen (secondary N) is 1. The summed E-state index contributed by atoms with van der Waals surface area (Å²) < 4.78 is 2.45. The zero-order valence-electron chi connectivity index (χ0n) is 22.4. The number of aromatic nitrogens is 1. The van der Waals surface area contributed by atoms with Crippen molar-refractivity contribution in [3.8, 4) is 11.3 Å². The number of nitrogens with zero attached hydrogens (tertiary/aromatic N) is 1. The summed E-state index contributed by atoms with van der Waals surface area (Å²) >= 11 is 0. The van der Waals surface area contributed by atoms with Gasteiger partial charge in [0, 0.05) is 24.5 Å². The average Bonchev–Trinajstić information content (AvgIpc) is 3.07. The Morgan fingerprint density at radius 1 is 0.939 bits per heavy atom. The Morgan fingerprint density at radius 3 is 2.03 bits per heavy atom. The fourth-order valence-electron chi connectivity index (χ4n) is 4.95. The normalized spacial score (nSPS) is 15.6. The lowest BCUT2D eigenvalue weighted by atomic mass is 9.79. The lowest BCUT2D eigenvalue weighted by Gasteiger charge is -2.27. The monoisotopic (exact) mass is 450 g/mol. The third-order valence-corrected chi connectivity index (χ3v) is 7.27. The van der Waals surface area contributed by atoms with Gasteiger partial charge in [0.05, 0.1) is 5.56 Å². The number of amides is 1. The summed E-state index contributed by atoms with van der Waals surface area (Å²) in [7, 11) is 0. The van der Waals surface area contributed by atoms with E-state index in [-0.39, 0.29) is 16.7 Å². The Kier molecular flexibility index (Phi) is 7.81. The first-order valence-corrected chi connectivity index (χ1v) is 13.1. The molecule has 182 valence electrons. The van der Waals surface area contributed by atoms with Gasteiger partial charge in [-0.1, -0.05) is 73.8 Å². The maximum absolute atomic E-state index is 13.0. The van der Waals surface area contributed by atoms with E-state index in [2.05, 4.69) is 89.5 Å². The quantitative estimate of drug-likeness (QED) is 0.479. The van der Waals surface area contributed by atoms with Gasteiger partial charge in [-0.3, -0.25) is 4.79 Å². The van der Waals surface area contributed by atoms with Crippen LogP contribution in [0.1, 0.15) is 114 Å². The molecule has 1 aliphatic rings. The summed E-state index contributed by atoms with van der Waals surface area (Å²) in [6, 6.07) is 9.24. The highest BCUT2D eigenvalue weighted by molar-refractivity contribution is 5.97. The molecular weight excluding hydrogens is 404 g/mol. The van der Waals surface area contributed by atoms with Gasteiger partial charge < -0.3 is 9.88 Å². The summed E-state index contributed by atoms with van der Waals surface area (Å²) in [5.41, 5.74) is 7.18. The van der Waals surface area contributed by atoms with E-state index in [4.69, 9.17) is 0 Å². The van der Waals surface area contributed by atoms with Crippen molar-refractivity contribution in [2.75, 3.05) is 6.54 Å². The van der Waals surface area contributed by atoms with Gasteiger partial charge in [-0.15, -0.1) is 0 Å². The van der Waals surface area contributed by atoms with Crippen molar-refractivity contribution in [2.45, 2.75) is 111 Å². The highest BCUT2D eigenvalue weighted by Crippen LogP contribution is 2.36. The number of carbonyl (C=O) groups excluding carboxylic acids is 1. The number of hydrogen-bond acceptors (Lipinski definition) is 1. The van der Waals surface area contributed by atoms with Crippen LogP contribution in [0, 0.1) is 12.8 Å². The molecule has 0 unspecified atom stereocenters. The standard InChI is InChI=1S/C30H46N2O/c1-9-15-31-28(33)26-19-27(32(21(26)2)20-22-13-11-10-12-14-22)23-16-24(29(3,4)5)18-25(17-23)30(6,7)8/h16-19,22H,9-15,20H2,1-8H3,(H,31,33). The van der Waals surface area contributed by atoms with Crippen molar-refractivity contribution in [3.63, 3.8) is 0 Å². The lowest BCUT2D eigenvalue weighted by molar-refractivity contribution is 0.0953. The van der Waals surface area contributed by atoms with Gasteiger partial charge in [0.15, 0.2) is 0 Å². The predicted molar refractivity (Wildman–Crippen MR) is 141 cm³/mol. The minimum Gasteiger partial charge on any atom is -0.352 e. The molecule has 0 aliphatic heterocycles. The second-order valence-corrected chi connectivity index (χ2v) is 12.2. The van der Waals surface area contributed by atoms with Crippen LogP contribution in [0.15, 0.2) is 24.3 Å². The van der Waals surface area contributed by atoms with Crippen LogP contribution in [0.25, 0.3) is 11.3 Å². The minimum absolute atomic E-state index is 0.0565. The number of rotatable bonds is 6. The average molecular weight is 451 g/mol. The van der Waals surface area contributed by atoms with E-state index in [0.717, 1.165) is 30.8 Å². The Bertz CT molecular complexity index is 930. The topological polar surface area (TPSA) is 34.0 Å². The molecule has 1 saturated carbocycles. The van der Waals surface area contributed by atoms with Gasteiger partial charge in [0.2, 0.25) is 0 Å². The third-order valence-electron chi connectivity index (χ3n) is 7.27. The number of benzene rings is 1. The summed E-state index contributed by atoms with van der Waals surface area (Å²) in [5.74, 6) is 0.754. The summed E-state index contributed by atoms with van der Waals surface area (Å²) in [4.78, 5) is 13.0. The van der Waals surface area contributed by atoms with E-state index >= 15 is 0 Å². The van der Waals surface area contributed by atoms with Crippen LogP contribution in [0.4, 0.5) is 0 Å². The molecule has 33 heavy (non-hydrogen) atoms. The third kappa shape index (κ3) is 6.11. The Balaban J connectivity index is 2.16. The van der Waals surface area contributed by atoms with Crippen molar-refractivity contribution in [1.29, 1.82) is 0 Å². The van der Waals surface area contributed by atoms with Crippen molar-refractivity contribution in [3.05, 3.63) is 46.6 Å². The number of carbonyl (C=O) groups is 1. The zero-order chi connectivity index (χ0) is 24.4. The van der Waals surface area contributed by atoms with Crippen LogP contribution in [0.3, 0.4) is 0 Å². The van der Waals surface area contributed by atoms with Gasteiger partial charge in [-0.2, -0.15) is 0 Å². The van der Waals surface area contributed by atoms with Crippen molar-refractivity contribution < 1.29 is 4.79 Å². The van der Waals surface area contributed by atoms with Crippen LogP contribution < -0.4 is 5.32 Å². The summed E-state index contributed by atoms with van der Waals surface area (Å²) in [5, 5.41) is 3.10. The molecule has 0 radical (unpaired) electrons. The van der Waals surface area contributed by atoms with Crippen LogP contribution in [0.2, 0.25) is 0 Å². The predicted octanol–water partition coefficient (Wildman–Crippen LogP) is 7.78. The van der Waals surface area contributed by atoms with E-state index in [1.807, 2.05) is 0 Å². The van der Waals surface area contributed by atoms with Crippen LogP contribution in [-0.4, -0.2) is 17.0 Å². The molecule has 3 nitrogen and oxygen atoms in total. The molecule has 3 rings (SSSR count). The zero-order valence-corrected chi connectivity index (χ0v) is 22.4. The molecule has 0 bridgehead atoms. The van der Waals surface area contributed by atoms with Gasteiger partial charge >= 0.3 is 0 Å². The maximum atomic E-state index is 13.0. The molecule has 1 aliphatic carbocycles. The first-order chi connectivity index (χ1) is 15.4. The van der Waals surface area contributed by atoms with E-state index in [1.165, 1.54) is 54.5 Å². The SMILES string of the molecule is CCCNC(=O)c1cc(-c2cc(C(C)(C)C)cc(C(C)(C)C)c2)n(CC2CCCCC2)c1C. The summed E-state index contributed by atoms with van der Waals surface area (Å²) in [6.07, 6.45) is 7.56. The van der Waals surface area contributed by atoms with Gasteiger partial charge in [0.25, 0.3) is 5.91 Å². The fraction of sp³-hybridized carbons (Fsp3) is 0.633. The first-order valence-electron chi connectivity index (χ1n) is 13.1. The lowest BCUT2D eigenvalue weighted by Crippen LogP contribution is -2.24. The molecule has 3 heteroatoms. The summed E-state index contributed by atoms with van der Waals surface area (Å²) in [6.45, 7) is 19.7. The molecule has 2 aromatic rings. The number of hydrogen-bond donors (Lipinski definition) is 1. The van der Waals surface area contributed by atoms with E-state index in [0.29, 0.717) is 5.92 Å². The highest BCUT2D eigenvalue weighted by Gasteiger charge is 2.25. The van der Waals surface area contributed by atoms with E-state index in [1.54, 1.807) is 0 Å². The van der Waals surface area contributed by atoms with E-state index in [9.17, 15) is 4.79 Å². The van der Waals surface area contributed by atoms with Crippen molar-refractivity contribution in [2.24, 2.45) is 5.92 Å². The maximum Gasteiger partial charge on any atom is 0.253 e. The van der Waals surface area contributed by atoms with Crippen molar-refractivity contribution >= 4 is 5.91 Å². The van der Waals surface area contributed by atoms with E-state index < -0.39 is 0 Å². The molecule has 1 fully saturated rings. The van der Waals surface area contributed by atoms with Crippen LogP contribution in [-0.2, 0) is 17.4 Å². The molecule has 1 amide bonds. The molecule has 0 spiro atoms. The Hall–Kier alpha value is -2.03. The van der Waals surface area contributed by atoms with Crippen LogP contribution in [0.5, 0.6) is 0 Å². The second-order valence-electron chi connectivity index (χ2n) is 12.2. The molecule has 1 aromatic heterocycles. The molecule has 0 atom stereocenters. The first kappa shape index (κ1) is 25.6. The van der Waals surface area contributed by atoms with Gasteiger partial charge in [-0.25, -0.2) is 0 Å². The molecule has 1 heterocycles.